The van der Waals surface area contributed by atoms with Crippen molar-refractivity contribution in [3.8, 4) is 0 Å². The molecule has 4 N–H and O–H groups in total. The minimum atomic E-state index is -0.400. The van der Waals surface area contributed by atoms with Gasteiger partial charge < -0.3 is 30.6 Å². The van der Waals surface area contributed by atoms with E-state index in [0.29, 0.717) is 56.0 Å². The summed E-state index contributed by atoms with van der Waals surface area (Å²) < 4.78 is 5.21. The van der Waals surface area contributed by atoms with Gasteiger partial charge in [0.15, 0.2) is 5.76 Å². The summed E-state index contributed by atoms with van der Waals surface area (Å²) in [5.74, 6) is -0.274. The number of hydrogen-bond donors (Lipinski definition) is 4. The zero-order valence-electron chi connectivity index (χ0n) is 20.8. The Morgan fingerprint density at radius 3 is 2.54 bits per heavy atom. The summed E-state index contributed by atoms with van der Waals surface area (Å²) in [7, 11) is 0. The highest BCUT2D eigenvalue weighted by Gasteiger charge is 2.19. The molecule has 1 aromatic heterocycles. The number of anilines is 2. The van der Waals surface area contributed by atoms with Crippen molar-refractivity contribution in [2.75, 3.05) is 43.4 Å². The maximum absolute atomic E-state index is 12.8. The monoisotopic (exact) mass is 503 g/mol. The molecule has 0 spiro atoms. The Balaban J connectivity index is 1.33. The second-order valence-corrected chi connectivity index (χ2v) is 8.87. The number of rotatable bonds is 13. The van der Waals surface area contributed by atoms with Gasteiger partial charge in [0.1, 0.15) is 0 Å². The first-order chi connectivity index (χ1) is 18.1. The van der Waals surface area contributed by atoms with Crippen molar-refractivity contribution in [2.24, 2.45) is 0 Å². The van der Waals surface area contributed by atoms with Crippen LogP contribution in [0.4, 0.5) is 11.4 Å². The maximum atomic E-state index is 12.8. The third-order valence-corrected chi connectivity index (χ3v) is 6.13. The Morgan fingerprint density at radius 2 is 1.78 bits per heavy atom. The molecule has 194 valence electrons. The predicted molar refractivity (Wildman–Crippen MR) is 143 cm³/mol. The molecular weight excluding hydrogens is 470 g/mol. The highest BCUT2D eigenvalue weighted by atomic mass is 16.3. The predicted octanol–water partition coefficient (Wildman–Crippen LogP) is 3.48. The van der Waals surface area contributed by atoms with E-state index in [-0.39, 0.29) is 17.6 Å². The fourth-order valence-corrected chi connectivity index (χ4v) is 4.16. The zero-order valence-corrected chi connectivity index (χ0v) is 20.8. The van der Waals surface area contributed by atoms with Gasteiger partial charge in [0.05, 0.1) is 17.6 Å². The van der Waals surface area contributed by atoms with E-state index in [2.05, 4.69) is 33.4 Å². The van der Waals surface area contributed by atoms with Crippen LogP contribution in [-0.2, 0) is 11.3 Å². The average Bonchev–Trinajstić information content (AvgIpc) is 3.60. The van der Waals surface area contributed by atoms with Gasteiger partial charge in [0, 0.05) is 51.3 Å². The van der Waals surface area contributed by atoms with Crippen LogP contribution in [0, 0.1) is 0 Å². The fraction of sp³-hybridized carbons (Fsp3) is 0.321. The lowest BCUT2D eigenvalue weighted by Crippen LogP contribution is -2.30. The van der Waals surface area contributed by atoms with Crippen molar-refractivity contribution < 1.29 is 18.8 Å². The number of likely N-dealkylation sites (tertiary alicyclic amines) is 1. The number of nitrogens with zero attached hydrogens (tertiary/aromatic N) is 1. The van der Waals surface area contributed by atoms with Crippen molar-refractivity contribution in [1.29, 1.82) is 0 Å². The number of carbonyl (C=O) groups is 3. The van der Waals surface area contributed by atoms with Gasteiger partial charge in [-0.15, -0.1) is 0 Å². The van der Waals surface area contributed by atoms with Gasteiger partial charge in [-0.25, -0.2) is 0 Å². The molecule has 0 bridgehead atoms. The van der Waals surface area contributed by atoms with Crippen LogP contribution >= 0.6 is 0 Å². The smallest absolute Gasteiger partial charge is 0.291 e. The van der Waals surface area contributed by atoms with Gasteiger partial charge in [0.2, 0.25) is 5.91 Å². The molecule has 0 radical (unpaired) electrons. The lowest BCUT2D eigenvalue weighted by Gasteiger charge is -2.16. The van der Waals surface area contributed by atoms with Crippen molar-refractivity contribution in [1.82, 2.24) is 15.5 Å². The molecule has 1 aliphatic rings. The van der Waals surface area contributed by atoms with E-state index in [1.54, 1.807) is 30.3 Å². The van der Waals surface area contributed by atoms with Gasteiger partial charge in [-0.3, -0.25) is 14.4 Å². The first kappa shape index (κ1) is 26.0. The minimum Gasteiger partial charge on any atom is -0.459 e. The Bertz CT molecular complexity index is 1180. The summed E-state index contributed by atoms with van der Waals surface area (Å²) in [6.45, 7) is 3.99. The number of benzene rings is 2. The summed E-state index contributed by atoms with van der Waals surface area (Å²) in [5, 5.41) is 12.5. The van der Waals surface area contributed by atoms with E-state index >= 15 is 0 Å². The van der Waals surface area contributed by atoms with Crippen LogP contribution in [0.1, 0.15) is 45.7 Å². The molecule has 9 nitrogen and oxygen atoms in total. The Morgan fingerprint density at radius 1 is 0.919 bits per heavy atom. The Kier molecular flexibility index (Phi) is 9.31. The number of furan rings is 1. The third-order valence-electron chi connectivity index (χ3n) is 6.13. The summed E-state index contributed by atoms with van der Waals surface area (Å²) in [5.41, 5.74) is 2.82. The molecule has 0 saturated carbocycles. The number of nitrogens with one attached hydrogen (secondary N) is 4. The molecule has 9 heteroatoms. The van der Waals surface area contributed by atoms with Crippen molar-refractivity contribution in [3.63, 3.8) is 0 Å². The van der Waals surface area contributed by atoms with E-state index < -0.39 is 5.91 Å². The molecule has 3 aromatic rings. The van der Waals surface area contributed by atoms with Crippen LogP contribution in [0.15, 0.2) is 71.3 Å². The molecule has 0 unspecified atom stereocenters. The highest BCUT2D eigenvalue weighted by Crippen LogP contribution is 2.24. The highest BCUT2D eigenvalue weighted by molar-refractivity contribution is 6.05. The average molecular weight is 504 g/mol. The van der Waals surface area contributed by atoms with Crippen LogP contribution in [0.25, 0.3) is 0 Å². The largest absolute Gasteiger partial charge is 0.459 e. The van der Waals surface area contributed by atoms with E-state index in [1.165, 1.54) is 11.8 Å². The Labute approximate surface area is 216 Å². The summed E-state index contributed by atoms with van der Waals surface area (Å²) in [4.78, 5) is 39.0. The van der Waals surface area contributed by atoms with Crippen molar-refractivity contribution >= 4 is 29.1 Å². The summed E-state index contributed by atoms with van der Waals surface area (Å²) in [6, 6.07) is 18.5. The van der Waals surface area contributed by atoms with Gasteiger partial charge in [-0.2, -0.15) is 0 Å². The number of hydrogen-bond acceptors (Lipinski definition) is 6. The molecule has 1 fully saturated rings. The van der Waals surface area contributed by atoms with E-state index in [4.69, 9.17) is 4.42 Å². The molecule has 3 amide bonds. The molecule has 2 aromatic carbocycles. The number of carbonyl (C=O) groups excluding carboxylic acids is 3. The second-order valence-electron chi connectivity index (χ2n) is 8.87. The standard InChI is InChI=1S/C28H33N5O4/c34-26-10-4-16-33(26)17-6-13-31-27(35)22-11-12-23(24(19-22)32-28(36)25-9-5-18-37-25)30-15-14-29-20-21-7-2-1-3-8-21/h1-3,5,7-9,11-12,18-19,29-30H,4,6,10,13-17,20H2,(H,31,35)(H,32,36). The van der Waals surface area contributed by atoms with Gasteiger partial charge >= 0.3 is 0 Å². The molecule has 0 atom stereocenters. The summed E-state index contributed by atoms with van der Waals surface area (Å²) >= 11 is 0. The van der Waals surface area contributed by atoms with Crippen LogP contribution in [0.2, 0.25) is 0 Å². The first-order valence-corrected chi connectivity index (χ1v) is 12.6. The lowest BCUT2D eigenvalue weighted by molar-refractivity contribution is -0.127. The third kappa shape index (κ3) is 7.68. The van der Waals surface area contributed by atoms with E-state index in [0.717, 1.165) is 19.5 Å². The van der Waals surface area contributed by atoms with Crippen LogP contribution < -0.4 is 21.3 Å². The molecule has 37 heavy (non-hydrogen) atoms. The van der Waals surface area contributed by atoms with E-state index in [1.807, 2.05) is 23.1 Å². The molecule has 4 rings (SSSR count). The fourth-order valence-electron chi connectivity index (χ4n) is 4.16. The quantitative estimate of drug-likeness (QED) is 0.266. The molecule has 1 aliphatic heterocycles. The molecule has 2 heterocycles. The van der Waals surface area contributed by atoms with Gasteiger partial charge in [0.25, 0.3) is 11.8 Å². The van der Waals surface area contributed by atoms with Crippen LogP contribution in [0.3, 0.4) is 0 Å². The van der Waals surface area contributed by atoms with Crippen molar-refractivity contribution in [2.45, 2.75) is 25.8 Å². The van der Waals surface area contributed by atoms with Gasteiger partial charge in [-0.1, -0.05) is 30.3 Å². The summed E-state index contributed by atoms with van der Waals surface area (Å²) in [6.07, 6.45) is 3.64. The maximum Gasteiger partial charge on any atom is 0.291 e. The second kappa shape index (κ2) is 13.3. The normalized spacial score (nSPS) is 13.0. The molecule has 1 saturated heterocycles. The number of amides is 3. The zero-order chi connectivity index (χ0) is 25.9. The SMILES string of the molecule is O=C(NCCCN1CCCC1=O)c1ccc(NCCNCc2ccccc2)c(NC(=O)c2ccco2)c1. The minimum absolute atomic E-state index is 0.182. The van der Waals surface area contributed by atoms with Crippen LogP contribution in [0.5, 0.6) is 0 Å². The lowest BCUT2D eigenvalue weighted by atomic mass is 10.1. The van der Waals surface area contributed by atoms with Gasteiger partial charge in [-0.05, 0) is 48.7 Å². The topological polar surface area (TPSA) is 116 Å². The van der Waals surface area contributed by atoms with Crippen LogP contribution in [-0.4, -0.2) is 55.3 Å². The van der Waals surface area contributed by atoms with E-state index in [9.17, 15) is 14.4 Å². The molecular formula is C28H33N5O4. The molecule has 0 aliphatic carbocycles. The van der Waals surface area contributed by atoms with Crippen molar-refractivity contribution in [3.05, 3.63) is 83.8 Å². The Hall–Kier alpha value is -4.11. The first-order valence-electron chi connectivity index (χ1n) is 12.6.